The Hall–Kier alpha value is -0.900. The van der Waals surface area contributed by atoms with E-state index in [0.717, 1.165) is 30.8 Å². The van der Waals surface area contributed by atoms with E-state index in [0.29, 0.717) is 6.42 Å². The number of aliphatic hydroxyl groups excluding tert-OH is 1. The van der Waals surface area contributed by atoms with Gasteiger partial charge in [-0.15, -0.1) is 0 Å². The van der Waals surface area contributed by atoms with Crippen LogP contribution in [0, 0.1) is 0 Å². The van der Waals surface area contributed by atoms with Crippen LogP contribution in [0.2, 0.25) is 0 Å². The number of rotatable bonds is 3. The van der Waals surface area contributed by atoms with Crippen molar-refractivity contribution >= 4 is 0 Å². The van der Waals surface area contributed by atoms with Gasteiger partial charge in [0.1, 0.15) is 0 Å². The molecular weight excluding hydrogens is 192 g/mol. The van der Waals surface area contributed by atoms with Crippen molar-refractivity contribution in [1.29, 1.82) is 0 Å². The van der Waals surface area contributed by atoms with Crippen LogP contribution in [0.3, 0.4) is 0 Å². The van der Waals surface area contributed by atoms with Gasteiger partial charge in [0.05, 0.1) is 13.2 Å². The molecule has 0 unspecified atom stereocenters. The highest BCUT2D eigenvalue weighted by molar-refractivity contribution is 5.24. The van der Waals surface area contributed by atoms with Gasteiger partial charge in [-0.2, -0.15) is 0 Å². The Morgan fingerprint density at radius 3 is 2.80 bits per heavy atom. The molecule has 1 aliphatic rings. The van der Waals surface area contributed by atoms with Crippen LogP contribution >= 0.6 is 0 Å². The third-order valence-electron chi connectivity index (χ3n) is 2.45. The highest BCUT2D eigenvalue weighted by Gasteiger charge is 2.16. The Bertz CT molecular complexity index is 305. The Balaban J connectivity index is 2.09. The van der Waals surface area contributed by atoms with Gasteiger partial charge in [0, 0.05) is 12.2 Å². The fourth-order valence-corrected chi connectivity index (χ4v) is 1.70. The molecule has 1 aromatic carbocycles. The molecule has 3 heteroatoms. The molecule has 0 spiro atoms. The van der Waals surface area contributed by atoms with Gasteiger partial charge in [-0.1, -0.05) is 24.3 Å². The highest BCUT2D eigenvalue weighted by Crippen LogP contribution is 2.23. The first-order valence-electron chi connectivity index (χ1n) is 5.33. The first-order chi connectivity index (χ1) is 7.40. The zero-order valence-electron chi connectivity index (χ0n) is 8.69. The molecule has 1 heterocycles. The van der Waals surface area contributed by atoms with Crippen LogP contribution in [0.4, 0.5) is 0 Å². The van der Waals surface area contributed by atoms with Gasteiger partial charge in [0.25, 0.3) is 0 Å². The van der Waals surface area contributed by atoms with Crippen LogP contribution < -0.4 is 0 Å². The second-order valence-corrected chi connectivity index (χ2v) is 3.65. The van der Waals surface area contributed by atoms with Gasteiger partial charge in [-0.05, 0) is 18.4 Å². The lowest BCUT2D eigenvalue weighted by atomic mass is 10.1. The summed E-state index contributed by atoms with van der Waals surface area (Å²) in [5, 5.41) is 8.86. The van der Waals surface area contributed by atoms with E-state index in [2.05, 4.69) is 0 Å². The molecule has 0 aromatic heterocycles. The van der Waals surface area contributed by atoms with Crippen LogP contribution in [-0.4, -0.2) is 24.9 Å². The molecule has 3 nitrogen and oxygen atoms in total. The second kappa shape index (κ2) is 5.26. The second-order valence-electron chi connectivity index (χ2n) is 3.65. The molecule has 82 valence electrons. The minimum absolute atomic E-state index is 0.176. The number of benzene rings is 1. The van der Waals surface area contributed by atoms with Gasteiger partial charge in [-0.25, -0.2) is 0 Å². The van der Waals surface area contributed by atoms with Crippen LogP contribution in [0.5, 0.6) is 0 Å². The largest absolute Gasteiger partial charge is 0.396 e. The summed E-state index contributed by atoms with van der Waals surface area (Å²) >= 11 is 0. The fraction of sp³-hybridized carbons (Fsp3) is 0.500. The summed E-state index contributed by atoms with van der Waals surface area (Å²) in [5.74, 6) is 0. The van der Waals surface area contributed by atoms with Gasteiger partial charge in [0.2, 0.25) is 0 Å². The van der Waals surface area contributed by atoms with E-state index in [-0.39, 0.29) is 12.9 Å². The van der Waals surface area contributed by atoms with Crippen LogP contribution in [-0.2, 0) is 15.9 Å². The smallest absolute Gasteiger partial charge is 0.183 e. The van der Waals surface area contributed by atoms with E-state index in [1.54, 1.807) is 0 Å². The van der Waals surface area contributed by atoms with Crippen molar-refractivity contribution < 1.29 is 14.6 Å². The molecule has 15 heavy (non-hydrogen) atoms. The molecule has 1 aromatic rings. The Morgan fingerprint density at radius 1 is 1.27 bits per heavy atom. The summed E-state index contributed by atoms with van der Waals surface area (Å²) in [5.41, 5.74) is 2.16. The Morgan fingerprint density at radius 2 is 2.07 bits per heavy atom. The zero-order chi connectivity index (χ0) is 10.5. The molecule has 0 aliphatic carbocycles. The van der Waals surface area contributed by atoms with Crippen LogP contribution in [0.1, 0.15) is 23.8 Å². The average Bonchev–Trinajstić information content (AvgIpc) is 2.31. The third kappa shape index (κ3) is 2.78. The van der Waals surface area contributed by atoms with E-state index in [1.165, 1.54) is 0 Å². The summed E-state index contributed by atoms with van der Waals surface area (Å²) in [6, 6.07) is 8.01. The normalized spacial score (nSPS) is 17.9. The predicted molar refractivity (Wildman–Crippen MR) is 56.5 cm³/mol. The van der Waals surface area contributed by atoms with Crippen LogP contribution in [0.25, 0.3) is 0 Å². The van der Waals surface area contributed by atoms with E-state index in [9.17, 15) is 0 Å². The maximum Gasteiger partial charge on any atom is 0.183 e. The number of ether oxygens (including phenoxy) is 2. The van der Waals surface area contributed by atoms with Crippen molar-refractivity contribution in [2.45, 2.75) is 19.1 Å². The first kappa shape index (κ1) is 10.6. The van der Waals surface area contributed by atoms with Crippen molar-refractivity contribution in [1.82, 2.24) is 0 Å². The zero-order valence-corrected chi connectivity index (χ0v) is 8.69. The summed E-state index contributed by atoms with van der Waals surface area (Å²) in [4.78, 5) is 0. The van der Waals surface area contributed by atoms with E-state index in [1.807, 2.05) is 24.3 Å². The van der Waals surface area contributed by atoms with Crippen LogP contribution in [0.15, 0.2) is 24.3 Å². The highest BCUT2D eigenvalue weighted by atomic mass is 16.7. The molecule has 1 fully saturated rings. The molecule has 0 radical (unpaired) electrons. The van der Waals surface area contributed by atoms with Gasteiger partial charge < -0.3 is 14.6 Å². The van der Waals surface area contributed by atoms with E-state index >= 15 is 0 Å². The molecule has 1 N–H and O–H groups in total. The molecule has 1 saturated heterocycles. The first-order valence-corrected chi connectivity index (χ1v) is 5.33. The Kier molecular flexibility index (Phi) is 3.72. The number of hydrogen-bond donors (Lipinski definition) is 1. The molecular formula is C12H16O3. The SMILES string of the molecule is OCCc1cccc(C2OCCCO2)c1. The van der Waals surface area contributed by atoms with Crippen molar-refractivity contribution in [3.8, 4) is 0 Å². The topological polar surface area (TPSA) is 38.7 Å². The summed E-state index contributed by atoms with van der Waals surface area (Å²) in [7, 11) is 0. The molecule has 0 saturated carbocycles. The molecule has 0 bridgehead atoms. The van der Waals surface area contributed by atoms with Crippen molar-refractivity contribution in [2.75, 3.05) is 19.8 Å². The summed E-state index contributed by atoms with van der Waals surface area (Å²) < 4.78 is 11.0. The van der Waals surface area contributed by atoms with Crippen molar-refractivity contribution in [2.24, 2.45) is 0 Å². The maximum absolute atomic E-state index is 8.86. The minimum Gasteiger partial charge on any atom is -0.396 e. The lowest BCUT2D eigenvalue weighted by molar-refractivity contribution is -0.183. The number of hydrogen-bond acceptors (Lipinski definition) is 3. The quantitative estimate of drug-likeness (QED) is 0.821. The minimum atomic E-state index is -0.225. The Labute approximate surface area is 89.6 Å². The monoisotopic (exact) mass is 208 g/mol. The maximum atomic E-state index is 8.86. The fourth-order valence-electron chi connectivity index (χ4n) is 1.70. The van der Waals surface area contributed by atoms with E-state index in [4.69, 9.17) is 14.6 Å². The van der Waals surface area contributed by atoms with Crippen molar-refractivity contribution in [3.05, 3.63) is 35.4 Å². The lowest BCUT2D eigenvalue weighted by Crippen LogP contribution is -2.17. The summed E-state index contributed by atoms with van der Waals surface area (Å²) in [6.45, 7) is 1.69. The lowest BCUT2D eigenvalue weighted by Gasteiger charge is -2.23. The average molecular weight is 208 g/mol. The summed E-state index contributed by atoms with van der Waals surface area (Å²) in [6.07, 6.45) is 1.42. The van der Waals surface area contributed by atoms with Crippen molar-refractivity contribution in [3.63, 3.8) is 0 Å². The van der Waals surface area contributed by atoms with Gasteiger partial charge in [0.15, 0.2) is 6.29 Å². The molecule has 0 atom stereocenters. The predicted octanol–water partition coefficient (Wildman–Crippen LogP) is 1.66. The number of aliphatic hydroxyl groups is 1. The van der Waals surface area contributed by atoms with Gasteiger partial charge in [-0.3, -0.25) is 0 Å². The molecule has 2 rings (SSSR count). The van der Waals surface area contributed by atoms with Gasteiger partial charge >= 0.3 is 0 Å². The van der Waals surface area contributed by atoms with E-state index < -0.39 is 0 Å². The molecule has 0 amide bonds. The molecule has 1 aliphatic heterocycles. The third-order valence-corrected chi connectivity index (χ3v) is 2.45. The standard InChI is InChI=1S/C12H16O3/c13-6-5-10-3-1-4-11(9-10)12-14-7-2-8-15-12/h1,3-4,9,12-13H,2,5-8H2.